The van der Waals surface area contributed by atoms with Crippen molar-refractivity contribution < 1.29 is 0 Å². The molecule has 0 fully saturated rings. The van der Waals surface area contributed by atoms with Crippen molar-refractivity contribution in [2.45, 2.75) is 148 Å². The van der Waals surface area contributed by atoms with Gasteiger partial charge in [0, 0.05) is 12.6 Å². The molecule has 4 N–H and O–H groups in total. The Labute approximate surface area is 166 Å². The third-order valence-corrected chi connectivity index (χ3v) is 5.73. The maximum Gasteiger partial charge on any atom is 0.0163 e. The predicted molar refractivity (Wildman–Crippen MR) is 120 cm³/mol. The lowest BCUT2D eigenvalue weighted by Gasteiger charge is -2.07. The highest BCUT2D eigenvalue weighted by atomic mass is 14.7. The van der Waals surface area contributed by atoms with Gasteiger partial charge in [0.05, 0.1) is 0 Å². The van der Waals surface area contributed by atoms with Gasteiger partial charge in [0.2, 0.25) is 0 Å². The molecule has 0 aromatic rings. The fourth-order valence-corrected chi connectivity index (χ4v) is 3.78. The normalized spacial score (nSPS) is 12.6. The average molecular weight is 369 g/mol. The summed E-state index contributed by atoms with van der Waals surface area (Å²) in [5.74, 6) is 0. The molecule has 0 heterocycles. The van der Waals surface area contributed by atoms with Crippen molar-refractivity contribution >= 4 is 0 Å². The summed E-state index contributed by atoms with van der Waals surface area (Å²) in [6.07, 6.45) is 29.8. The number of hydrogen-bond donors (Lipinski definition) is 2. The molecule has 2 nitrogen and oxygen atoms in total. The Balaban J connectivity index is 2.99. The number of nitrogens with two attached hydrogens (primary N) is 2. The molecule has 1 unspecified atom stereocenters. The fourth-order valence-electron chi connectivity index (χ4n) is 3.78. The zero-order valence-electron chi connectivity index (χ0n) is 18.3. The molecule has 0 aromatic heterocycles. The number of rotatable bonds is 22. The molecular weight excluding hydrogens is 316 g/mol. The van der Waals surface area contributed by atoms with E-state index >= 15 is 0 Å². The van der Waals surface area contributed by atoms with Gasteiger partial charge >= 0.3 is 0 Å². The van der Waals surface area contributed by atoms with Crippen molar-refractivity contribution in [2.75, 3.05) is 6.54 Å². The van der Waals surface area contributed by atoms with Gasteiger partial charge in [0.1, 0.15) is 0 Å². The van der Waals surface area contributed by atoms with E-state index in [4.69, 9.17) is 11.5 Å². The summed E-state index contributed by atoms with van der Waals surface area (Å²) in [6, 6.07) is 0.227. The van der Waals surface area contributed by atoms with E-state index < -0.39 is 0 Å². The van der Waals surface area contributed by atoms with Crippen LogP contribution in [0.3, 0.4) is 0 Å². The van der Waals surface area contributed by atoms with Crippen molar-refractivity contribution in [3.63, 3.8) is 0 Å². The lowest BCUT2D eigenvalue weighted by atomic mass is 10.0. The highest BCUT2D eigenvalue weighted by molar-refractivity contribution is 4.61. The van der Waals surface area contributed by atoms with Gasteiger partial charge in [0.25, 0.3) is 0 Å². The SMILES string of the molecule is CCCCCCCCCCCCCCCCCCCCCCC(N)CN. The predicted octanol–water partition coefficient (Wildman–Crippen LogP) is 7.48. The summed E-state index contributed by atoms with van der Waals surface area (Å²) in [6.45, 7) is 2.93. The molecular formula is C24H52N2. The molecule has 2 heteroatoms. The molecule has 0 aromatic carbocycles. The van der Waals surface area contributed by atoms with E-state index in [1.54, 1.807) is 0 Å². The standard InChI is InChI=1S/C24H52N2/c1-2-3-4-5-6-7-8-9-10-11-12-13-14-15-16-17-18-19-20-21-22-24(26)23-25/h24H,2-23,25-26H2,1H3. The summed E-state index contributed by atoms with van der Waals surface area (Å²) in [4.78, 5) is 0. The van der Waals surface area contributed by atoms with E-state index in [9.17, 15) is 0 Å². The van der Waals surface area contributed by atoms with Gasteiger partial charge in [0.15, 0.2) is 0 Å². The van der Waals surface area contributed by atoms with Gasteiger partial charge in [-0.2, -0.15) is 0 Å². The summed E-state index contributed by atoms with van der Waals surface area (Å²) < 4.78 is 0. The summed E-state index contributed by atoms with van der Waals surface area (Å²) in [5, 5.41) is 0. The van der Waals surface area contributed by atoms with Crippen LogP contribution in [0, 0.1) is 0 Å². The maximum absolute atomic E-state index is 5.83. The van der Waals surface area contributed by atoms with Crippen LogP contribution in [-0.4, -0.2) is 12.6 Å². The molecule has 0 aliphatic carbocycles. The third-order valence-electron chi connectivity index (χ3n) is 5.73. The van der Waals surface area contributed by atoms with Crippen LogP contribution in [0.1, 0.15) is 142 Å². The topological polar surface area (TPSA) is 52.0 Å². The van der Waals surface area contributed by atoms with Gasteiger partial charge in [-0.1, -0.05) is 135 Å². The van der Waals surface area contributed by atoms with Gasteiger partial charge < -0.3 is 11.5 Å². The highest BCUT2D eigenvalue weighted by Gasteiger charge is 1.99. The average Bonchev–Trinajstić information content (AvgIpc) is 2.66. The summed E-state index contributed by atoms with van der Waals surface area (Å²) >= 11 is 0. The zero-order valence-corrected chi connectivity index (χ0v) is 18.3. The minimum atomic E-state index is 0.227. The van der Waals surface area contributed by atoms with E-state index in [1.165, 1.54) is 128 Å². The molecule has 0 aliphatic heterocycles. The lowest BCUT2D eigenvalue weighted by molar-refractivity contribution is 0.512. The van der Waals surface area contributed by atoms with Gasteiger partial charge in [-0.05, 0) is 6.42 Å². The second-order valence-electron chi connectivity index (χ2n) is 8.50. The van der Waals surface area contributed by atoms with Crippen LogP contribution in [0.5, 0.6) is 0 Å². The fraction of sp³-hybridized carbons (Fsp3) is 1.00. The highest BCUT2D eigenvalue weighted by Crippen LogP contribution is 2.15. The van der Waals surface area contributed by atoms with Gasteiger partial charge in [-0.3, -0.25) is 0 Å². The molecule has 0 amide bonds. The van der Waals surface area contributed by atoms with Crippen LogP contribution in [0.2, 0.25) is 0 Å². The molecule has 0 bridgehead atoms. The number of hydrogen-bond acceptors (Lipinski definition) is 2. The molecule has 0 aliphatic rings. The van der Waals surface area contributed by atoms with Crippen molar-refractivity contribution in [3.8, 4) is 0 Å². The Morgan fingerprint density at radius 3 is 1.00 bits per heavy atom. The summed E-state index contributed by atoms with van der Waals surface area (Å²) in [7, 11) is 0. The molecule has 0 saturated carbocycles. The van der Waals surface area contributed by atoms with Crippen LogP contribution in [0.4, 0.5) is 0 Å². The van der Waals surface area contributed by atoms with Crippen LogP contribution in [-0.2, 0) is 0 Å². The second-order valence-corrected chi connectivity index (χ2v) is 8.50. The Morgan fingerprint density at radius 2 is 0.731 bits per heavy atom. The molecule has 158 valence electrons. The van der Waals surface area contributed by atoms with Crippen LogP contribution in [0.25, 0.3) is 0 Å². The van der Waals surface area contributed by atoms with Gasteiger partial charge in [-0.25, -0.2) is 0 Å². The van der Waals surface area contributed by atoms with Crippen LogP contribution in [0.15, 0.2) is 0 Å². The Hall–Kier alpha value is -0.0800. The first kappa shape index (κ1) is 25.9. The molecule has 1 atom stereocenters. The molecule has 0 radical (unpaired) electrons. The quantitative estimate of drug-likeness (QED) is 0.194. The minimum absolute atomic E-state index is 0.227. The molecule has 0 saturated heterocycles. The molecule has 26 heavy (non-hydrogen) atoms. The first-order valence-electron chi connectivity index (χ1n) is 12.3. The number of unbranched alkanes of at least 4 members (excludes halogenated alkanes) is 19. The van der Waals surface area contributed by atoms with E-state index in [2.05, 4.69) is 6.92 Å². The monoisotopic (exact) mass is 368 g/mol. The van der Waals surface area contributed by atoms with Crippen molar-refractivity contribution in [3.05, 3.63) is 0 Å². The van der Waals surface area contributed by atoms with E-state index in [1.807, 2.05) is 0 Å². The smallest absolute Gasteiger partial charge is 0.0163 e. The lowest BCUT2D eigenvalue weighted by Crippen LogP contribution is -2.29. The van der Waals surface area contributed by atoms with Crippen LogP contribution < -0.4 is 11.5 Å². The van der Waals surface area contributed by atoms with Gasteiger partial charge in [-0.15, -0.1) is 0 Å². The Morgan fingerprint density at radius 1 is 0.462 bits per heavy atom. The third kappa shape index (κ3) is 22.0. The molecule has 0 spiro atoms. The van der Waals surface area contributed by atoms with Crippen molar-refractivity contribution in [1.82, 2.24) is 0 Å². The van der Waals surface area contributed by atoms with E-state index in [0.717, 1.165) is 6.42 Å². The first-order valence-corrected chi connectivity index (χ1v) is 12.3. The maximum atomic E-state index is 5.83. The molecule has 0 rings (SSSR count). The van der Waals surface area contributed by atoms with Crippen molar-refractivity contribution in [2.24, 2.45) is 11.5 Å². The Kier molecular flexibility index (Phi) is 22.9. The van der Waals surface area contributed by atoms with Crippen LogP contribution >= 0.6 is 0 Å². The summed E-state index contributed by atoms with van der Waals surface area (Å²) in [5.41, 5.74) is 11.4. The Bertz CT molecular complexity index is 242. The first-order chi connectivity index (χ1) is 12.8. The largest absolute Gasteiger partial charge is 0.329 e. The van der Waals surface area contributed by atoms with E-state index in [0.29, 0.717) is 6.54 Å². The second kappa shape index (κ2) is 23.0. The minimum Gasteiger partial charge on any atom is -0.329 e. The zero-order chi connectivity index (χ0) is 19.1. The van der Waals surface area contributed by atoms with E-state index in [-0.39, 0.29) is 6.04 Å². The van der Waals surface area contributed by atoms with Crippen molar-refractivity contribution in [1.29, 1.82) is 0 Å².